The second-order valence-electron chi connectivity index (χ2n) is 9.96. The fourth-order valence-corrected chi connectivity index (χ4v) is 6.14. The predicted octanol–water partition coefficient (Wildman–Crippen LogP) is 6.01. The molecular formula is C29H25Cl2N5O4. The van der Waals surface area contributed by atoms with E-state index in [9.17, 15) is 9.59 Å². The van der Waals surface area contributed by atoms with Crippen LogP contribution in [0.2, 0.25) is 10.0 Å². The summed E-state index contributed by atoms with van der Waals surface area (Å²) in [5.41, 5.74) is 3.01. The molecule has 6 rings (SSSR count). The van der Waals surface area contributed by atoms with E-state index < -0.39 is 5.54 Å². The van der Waals surface area contributed by atoms with E-state index in [2.05, 4.69) is 15.3 Å². The Hall–Kier alpha value is -4.08. The number of aryl methyl sites for hydroxylation is 1. The van der Waals surface area contributed by atoms with Gasteiger partial charge in [0.15, 0.2) is 5.54 Å². The van der Waals surface area contributed by atoms with Crippen LogP contribution in [0.4, 0.5) is 11.4 Å². The quantitative estimate of drug-likeness (QED) is 0.311. The van der Waals surface area contributed by atoms with Crippen LogP contribution in [0.1, 0.15) is 47.1 Å². The van der Waals surface area contributed by atoms with E-state index in [1.807, 2.05) is 31.4 Å². The Labute approximate surface area is 240 Å². The maximum atomic E-state index is 14.5. The number of aromatic nitrogens is 3. The molecule has 2 amide bonds. The lowest BCUT2D eigenvalue weighted by molar-refractivity contribution is -0.119. The van der Waals surface area contributed by atoms with Crippen molar-refractivity contribution in [3.8, 4) is 23.1 Å². The van der Waals surface area contributed by atoms with Crippen LogP contribution in [0, 0.1) is 6.92 Å². The molecule has 1 spiro atoms. The van der Waals surface area contributed by atoms with Crippen LogP contribution in [-0.2, 0) is 10.3 Å². The first-order chi connectivity index (χ1) is 19.1. The maximum Gasteiger partial charge on any atom is 0.319 e. The number of nitrogens with zero attached hydrogens (tertiary/aromatic N) is 4. The third-order valence-corrected chi connectivity index (χ3v) is 7.88. The van der Waals surface area contributed by atoms with Gasteiger partial charge in [0.25, 0.3) is 11.8 Å². The summed E-state index contributed by atoms with van der Waals surface area (Å²) in [7, 11) is 2.97. The number of benzene rings is 2. The van der Waals surface area contributed by atoms with Crippen LogP contribution < -0.4 is 19.7 Å². The minimum Gasteiger partial charge on any atom is -0.480 e. The summed E-state index contributed by atoms with van der Waals surface area (Å²) in [6.07, 6.45) is 1.59. The summed E-state index contributed by atoms with van der Waals surface area (Å²) in [6.45, 7) is 5.86. The number of nitrogens with one attached hydrogen (secondary N) is 1. The van der Waals surface area contributed by atoms with Gasteiger partial charge in [-0.15, -0.1) is 0 Å². The van der Waals surface area contributed by atoms with E-state index in [0.29, 0.717) is 49.5 Å². The molecular weight excluding hydrogens is 553 g/mol. The zero-order chi connectivity index (χ0) is 28.5. The first-order valence-electron chi connectivity index (χ1n) is 12.6. The van der Waals surface area contributed by atoms with Crippen LogP contribution in [0.15, 0.2) is 48.7 Å². The van der Waals surface area contributed by atoms with Crippen LogP contribution in [0.5, 0.6) is 11.9 Å². The van der Waals surface area contributed by atoms with Crippen molar-refractivity contribution in [3.63, 3.8) is 0 Å². The van der Waals surface area contributed by atoms with Gasteiger partial charge in [0.1, 0.15) is 0 Å². The predicted molar refractivity (Wildman–Crippen MR) is 153 cm³/mol. The van der Waals surface area contributed by atoms with Gasteiger partial charge in [-0.3, -0.25) is 14.5 Å². The van der Waals surface area contributed by atoms with Gasteiger partial charge in [0.05, 0.1) is 42.4 Å². The number of hydrogen-bond donors (Lipinski definition) is 1. The SMILES string of the molecule is COc1ncc(-c2cc3c(n2C(C)C)[C@]2(C(=O)Nc4cc(Cl)ccc42)N(c2cc(Cl)ccc2C)C3=O)c(OC)n1. The fourth-order valence-electron chi connectivity index (χ4n) is 5.80. The van der Waals surface area contributed by atoms with Crippen molar-refractivity contribution in [2.75, 3.05) is 24.4 Å². The number of amides is 2. The molecule has 4 aromatic rings. The van der Waals surface area contributed by atoms with Gasteiger partial charge in [-0.1, -0.05) is 35.3 Å². The highest BCUT2D eigenvalue weighted by atomic mass is 35.5. The molecule has 2 aliphatic heterocycles. The van der Waals surface area contributed by atoms with E-state index in [0.717, 1.165) is 5.56 Å². The lowest BCUT2D eigenvalue weighted by Gasteiger charge is -2.37. The van der Waals surface area contributed by atoms with Gasteiger partial charge in [-0.05, 0) is 56.7 Å². The summed E-state index contributed by atoms with van der Waals surface area (Å²) >= 11 is 12.8. The molecule has 40 heavy (non-hydrogen) atoms. The number of ether oxygens (including phenoxy) is 2. The molecule has 2 aromatic carbocycles. The van der Waals surface area contributed by atoms with E-state index in [-0.39, 0.29) is 29.7 Å². The minimum absolute atomic E-state index is 0.145. The summed E-state index contributed by atoms with van der Waals surface area (Å²) in [5, 5.41) is 3.90. The van der Waals surface area contributed by atoms with Gasteiger partial charge < -0.3 is 19.4 Å². The number of carbonyl (C=O) groups excluding carboxylic acids is 2. The highest BCUT2D eigenvalue weighted by Gasteiger charge is 2.63. The Morgan fingerprint density at radius 2 is 1.70 bits per heavy atom. The van der Waals surface area contributed by atoms with Gasteiger partial charge in [0, 0.05) is 33.5 Å². The Morgan fingerprint density at radius 3 is 2.40 bits per heavy atom. The molecule has 0 saturated heterocycles. The van der Waals surface area contributed by atoms with Gasteiger partial charge >= 0.3 is 6.01 Å². The average Bonchev–Trinajstić information content (AvgIpc) is 3.53. The molecule has 0 unspecified atom stereocenters. The number of rotatable bonds is 5. The summed E-state index contributed by atoms with van der Waals surface area (Å²) in [5.74, 6) is -0.440. The van der Waals surface area contributed by atoms with E-state index in [1.54, 1.807) is 47.5 Å². The highest BCUT2D eigenvalue weighted by Crippen LogP contribution is 2.56. The Morgan fingerprint density at radius 1 is 0.975 bits per heavy atom. The first kappa shape index (κ1) is 26.2. The molecule has 0 radical (unpaired) electrons. The molecule has 1 N–H and O–H groups in total. The lowest BCUT2D eigenvalue weighted by atomic mass is 9.86. The molecule has 0 saturated carbocycles. The average molecular weight is 578 g/mol. The maximum absolute atomic E-state index is 14.5. The third-order valence-electron chi connectivity index (χ3n) is 7.41. The van der Waals surface area contributed by atoms with Gasteiger partial charge in [0.2, 0.25) is 5.88 Å². The molecule has 0 aliphatic carbocycles. The van der Waals surface area contributed by atoms with E-state index in [1.165, 1.54) is 14.2 Å². The fraction of sp³-hybridized carbons (Fsp3) is 0.241. The summed E-state index contributed by atoms with van der Waals surface area (Å²) in [4.78, 5) is 39.0. The molecule has 1 atom stereocenters. The zero-order valence-corrected chi connectivity index (χ0v) is 23.9. The zero-order valence-electron chi connectivity index (χ0n) is 22.4. The molecule has 2 aromatic heterocycles. The second kappa shape index (κ2) is 9.25. The normalized spacial score (nSPS) is 17.4. The van der Waals surface area contributed by atoms with E-state index >= 15 is 0 Å². The lowest BCUT2D eigenvalue weighted by Crippen LogP contribution is -2.51. The molecule has 2 aliphatic rings. The number of fused-ring (bicyclic) bond motifs is 4. The number of methoxy groups -OCH3 is 2. The smallest absolute Gasteiger partial charge is 0.319 e. The van der Waals surface area contributed by atoms with Crippen molar-refractivity contribution in [2.24, 2.45) is 0 Å². The second-order valence-corrected chi connectivity index (χ2v) is 10.8. The first-order valence-corrected chi connectivity index (χ1v) is 13.3. The molecule has 11 heteroatoms. The Bertz CT molecular complexity index is 1730. The summed E-state index contributed by atoms with van der Waals surface area (Å²) in [6, 6.07) is 12.2. The number of hydrogen-bond acceptors (Lipinski definition) is 6. The number of carbonyl (C=O) groups is 2. The van der Waals surface area contributed by atoms with E-state index in [4.69, 9.17) is 32.7 Å². The van der Waals surface area contributed by atoms with Crippen molar-refractivity contribution in [2.45, 2.75) is 32.4 Å². The molecule has 0 bridgehead atoms. The van der Waals surface area contributed by atoms with Crippen LogP contribution >= 0.6 is 23.2 Å². The standard InChI is InChI=1S/C29H25Cl2N5O4/c1-14(2)35-23(19-13-32-28(40-5)34-25(19)39-4)12-18-24(35)29(20-9-8-16(30)10-21(20)33-27(29)38)36(26(18)37)22-11-17(31)7-6-15(22)3/h6-14H,1-5H3,(H,33,38)/t29-/m1/s1. The van der Waals surface area contributed by atoms with Gasteiger partial charge in [-0.25, -0.2) is 4.98 Å². The molecule has 0 fully saturated rings. The number of halogens is 2. The monoisotopic (exact) mass is 577 g/mol. The van der Waals surface area contributed by atoms with Crippen LogP contribution in [-0.4, -0.2) is 40.6 Å². The number of anilines is 2. The molecule has 9 nitrogen and oxygen atoms in total. The van der Waals surface area contributed by atoms with Crippen molar-refractivity contribution in [1.82, 2.24) is 14.5 Å². The van der Waals surface area contributed by atoms with Crippen molar-refractivity contribution < 1.29 is 19.1 Å². The summed E-state index contributed by atoms with van der Waals surface area (Å²) < 4.78 is 12.7. The topological polar surface area (TPSA) is 98.6 Å². The third kappa shape index (κ3) is 3.47. The largest absolute Gasteiger partial charge is 0.480 e. The van der Waals surface area contributed by atoms with Crippen LogP contribution in [0.3, 0.4) is 0 Å². The Kier molecular flexibility index (Phi) is 6.05. The van der Waals surface area contributed by atoms with Crippen molar-refractivity contribution >= 4 is 46.4 Å². The van der Waals surface area contributed by atoms with Crippen molar-refractivity contribution in [3.05, 3.63) is 81.1 Å². The molecule has 4 heterocycles. The molecule has 204 valence electrons. The minimum atomic E-state index is -1.54. The Balaban J connectivity index is 1.73. The highest BCUT2D eigenvalue weighted by molar-refractivity contribution is 6.32. The van der Waals surface area contributed by atoms with Gasteiger partial charge in [-0.2, -0.15) is 4.98 Å². The van der Waals surface area contributed by atoms with Crippen molar-refractivity contribution in [1.29, 1.82) is 0 Å². The van der Waals surface area contributed by atoms with Crippen LogP contribution in [0.25, 0.3) is 11.3 Å².